The number of fused-ring (bicyclic) bond motifs is 1. The Morgan fingerprint density at radius 3 is 1.71 bits per heavy atom. The number of carbonyl (C=O) groups excluding carboxylic acids is 9. The lowest BCUT2D eigenvalue weighted by atomic mass is 9.96. The maximum atomic E-state index is 14.9. The number of guanidine groups is 1. The second-order valence-electron chi connectivity index (χ2n) is 21.8. The van der Waals surface area contributed by atoms with Gasteiger partial charge in [-0.15, -0.1) is 0 Å². The van der Waals surface area contributed by atoms with Crippen LogP contribution in [0.2, 0.25) is 0 Å². The molecule has 3 rings (SSSR count). The number of amides is 9. The number of aliphatic imine (C=N–C) groups is 1. The number of hydrogen-bond donors (Lipinski definition) is 16. The molecule has 478 valence electrons. The number of nitrogens with one attached hydrogen (secondary N) is 9. The van der Waals surface area contributed by atoms with Crippen LogP contribution < -0.4 is 59.7 Å². The van der Waals surface area contributed by atoms with Gasteiger partial charge >= 0.3 is 17.9 Å². The first-order valence-electron chi connectivity index (χ1n) is 29.0. The minimum absolute atomic E-state index is 0.0214. The molecule has 1 saturated heterocycles. The Morgan fingerprint density at radius 1 is 0.640 bits per heavy atom. The van der Waals surface area contributed by atoms with Gasteiger partial charge in [0.25, 0.3) is 0 Å². The minimum Gasteiger partial charge on any atom is -0.481 e. The minimum atomic E-state index is -1.64. The molecule has 0 radical (unpaired) electrons. The molecule has 0 bridgehead atoms. The van der Waals surface area contributed by atoms with E-state index >= 15 is 0 Å². The molecular weight excluding hydrogens is 1140 g/mol. The number of carboxylic acids is 3. The lowest BCUT2D eigenvalue weighted by Gasteiger charge is -2.33. The van der Waals surface area contributed by atoms with Gasteiger partial charge in [-0.1, -0.05) is 79.0 Å². The average molecular weight is 1230 g/mol. The summed E-state index contributed by atoms with van der Waals surface area (Å²) in [5.74, 6) is -13.5. The molecule has 0 unspecified atom stereocenters. The molecule has 29 nitrogen and oxygen atoms in total. The smallest absolute Gasteiger partial charge is 0.325 e. The molecule has 1 aliphatic rings. The zero-order chi connectivity index (χ0) is 64.5. The highest BCUT2D eigenvalue weighted by Gasteiger charge is 2.42. The van der Waals surface area contributed by atoms with Gasteiger partial charge in [-0.05, 0) is 74.8 Å². The Morgan fingerprint density at radius 2 is 1.14 bits per heavy atom. The number of hydrogen-bond acceptors (Lipinski definition) is 15. The van der Waals surface area contributed by atoms with E-state index in [0.29, 0.717) is 31.2 Å². The summed E-state index contributed by atoms with van der Waals surface area (Å²) in [7, 11) is 0. The van der Waals surface area contributed by atoms with Crippen molar-refractivity contribution in [2.45, 2.75) is 186 Å². The fraction of sp³-hybridized carbons (Fsp3) is 0.625. The molecule has 30 heteroatoms. The van der Waals surface area contributed by atoms with E-state index < -0.39 is 169 Å². The summed E-state index contributed by atoms with van der Waals surface area (Å²) >= 11 is 4.16. The molecule has 0 aliphatic carbocycles. The molecule has 18 N–H and O–H groups in total. The van der Waals surface area contributed by atoms with Crippen LogP contribution in [0.1, 0.15) is 125 Å². The molecule has 1 aromatic heterocycles. The van der Waals surface area contributed by atoms with Crippen LogP contribution in [0.3, 0.4) is 0 Å². The molecule has 2 heterocycles. The van der Waals surface area contributed by atoms with Crippen molar-refractivity contribution in [3.63, 3.8) is 0 Å². The zero-order valence-electron chi connectivity index (χ0n) is 49.8. The third-order valence-corrected chi connectivity index (χ3v) is 15.7. The molecular formula is C56H88N14O15S. The van der Waals surface area contributed by atoms with E-state index in [1.54, 1.807) is 53.8 Å². The molecule has 1 fully saturated rings. The highest BCUT2D eigenvalue weighted by Crippen LogP contribution is 2.24. The van der Waals surface area contributed by atoms with Gasteiger partial charge in [0.1, 0.15) is 54.4 Å². The average Bonchev–Trinajstić information content (AvgIpc) is 3.06. The van der Waals surface area contributed by atoms with Crippen LogP contribution in [0.15, 0.2) is 35.5 Å². The summed E-state index contributed by atoms with van der Waals surface area (Å²) in [5.41, 5.74) is 18.3. The Hall–Kier alpha value is -8.02. The summed E-state index contributed by atoms with van der Waals surface area (Å²) in [6.07, 6.45) is 1.23. The van der Waals surface area contributed by atoms with Gasteiger partial charge in [0, 0.05) is 55.2 Å². The summed E-state index contributed by atoms with van der Waals surface area (Å²) in [6.45, 7) is 11.6. The molecule has 9 amide bonds. The highest BCUT2D eigenvalue weighted by molar-refractivity contribution is 7.80. The Balaban J connectivity index is 1.96. The monoisotopic (exact) mass is 1230 g/mol. The van der Waals surface area contributed by atoms with E-state index in [4.69, 9.17) is 22.3 Å². The van der Waals surface area contributed by atoms with Crippen LogP contribution in [0, 0.1) is 17.8 Å². The van der Waals surface area contributed by atoms with Gasteiger partial charge in [0.05, 0.1) is 6.04 Å². The summed E-state index contributed by atoms with van der Waals surface area (Å²) in [6, 6.07) is -6.18. The van der Waals surface area contributed by atoms with Gasteiger partial charge in [0.2, 0.25) is 53.2 Å². The summed E-state index contributed by atoms with van der Waals surface area (Å²) in [4.78, 5) is 170. The zero-order valence-corrected chi connectivity index (χ0v) is 50.7. The molecule has 2 aromatic rings. The van der Waals surface area contributed by atoms with Crippen molar-refractivity contribution in [2.24, 2.45) is 39.9 Å². The van der Waals surface area contributed by atoms with E-state index in [9.17, 15) is 67.7 Å². The van der Waals surface area contributed by atoms with Crippen LogP contribution in [0.5, 0.6) is 0 Å². The van der Waals surface area contributed by atoms with Crippen molar-refractivity contribution in [2.75, 3.05) is 18.8 Å². The maximum Gasteiger partial charge on any atom is 0.325 e. The first kappa shape index (κ1) is 72.2. The van der Waals surface area contributed by atoms with E-state index in [2.05, 4.69) is 65.1 Å². The summed E-state index contributed by atoms with van der Waals surface area (Å²) < 4.78 is 0. The maximum absolute atomic E-state index is 14.9. The van der Waals surface area contributed by atoms with E-state index in [-0.39, 0.29) is 56.9 Å². The van der Waals surface area contributed by atoms with Crippen LogP contribution in [0.25, 0.3) is 10.9 Å². The number of para-hydroxylation sites is 1. The normalized spacial score (nSPS) is 17.2. The molecule has 0 spiro atoms. The molecule has 0 saturated carbocycles. The number of H-pyrrole nitrogens is 1. The molecule has 86 heavy (non-hydrogen) atoms. The second kappa shape index (κ2) is 35.4. The first-order valence-corrected chi connectivity index (χ1v) is 29.6. The standard InChI is InChI=1S/C56H88N14O15S/c1-8-28(4)43(52(81)62-31(7)55(84)85)67-49(78)38(25-32-26-61-35-16-12-11-15-33(32)35)65-51(80)40-18-14-24-70(40)54(83)45(30(6)10-3)69-48(77)36(17-13-23-60-56(58)59)63-47(76)37(20-22-42(73)74)64-53(82)44(29(5)9-2)68-50(79)39(27-86)66-46(75)34(57)19-21-41(71)72/h11-12,15-16,26,28-31,34,36-40,43-45,61,86H,8-10,13-14,17-25,27,57H2,1-7H3,(H,62,81)(H,63,76)(H,64,82)(H,65,80)(H,66,75)(H,67,78)(H,68,79)(H,69,77)(H,71,72)(H,73,74)(H,84,85)(H4,58,59,60)/t28-,29-,30-,31-,34-,36-,37-,38-,39-,40-,43-,44-,45-/m0/s1. The number of rotatable bonds is 37. The predicted molar refractivity (Wildman–Crippen MR) is 319 cm³/mol. The van der Waals surface area contributed by atoms with Gasteiger partial charge in [-0.2, -0.15) is 12.6 Å². The fourth-order valence-corrected chi connectivity index (χ4v) is 9.68. The van der Waals surface area contributed by atoms with Crippen molar-refractivity contribution < 1.29 is 72.9 Å². The number of benzene rings is 1. The predicted octanol–water partition coefficient (Wildman–Crippen LogP) is -1.14. The molecule has 1 aliphatic heterocycles. The Kier molecular flexibility index (Phi) is 29.8. The first-order chi connectivity index (χ1) is 40.6. The van der Waals surface area contributed by atoms with Gasteiger partial charge in [-0.3, -0.25) is 62.5 Å². The number of carbonyl (C=O) groups is 12. The van der Waals surface area contributed by atoms with E-state index in [0.717, 1.165) is 10.9 Å². The third kappa shape index (κ3) is 22.1. The van der Waals surface area contributed by atoms with Gasteiger partial charge < -0.3 is 84.9 Å². The second-order valence-corrected chi connectivity index (χ2v) is 22.1. The number of thiol groups is 1. The van der Waals surface area contributed by atoms with Crippen LogP contribution in [-0.4, -0.2) is 181 Å². The third-order valence-electron chi connectivity index (χ3n) is 15.3. The molecule has 13 atom stereocenters. The van der Waals surface area contributed by atoms with Crippen LogP contribution in [0.4, 0.5) is 0 Å². The Labute approximate surface area is 504 Å². The largest absolute Gasteiger partial charge is 0.481 e. The lowest BCUT2D eigenvalue weighted by Crippen LogP contribution is -2.62. The van der Waals surface area contributed by atoms with Crippen molar-refractivity contribution in [3.05, 3.63) is 36.0 Å². The topological polar surface area (TPSA) is 471 Å². The fourth-order valence-electron chi connectivity index (χ4n) is 9.42. The number of nitrogens with two attached hydrogens (primary N) is 3. The SMILES string of the molecule is CC[C@H](C)[C@H](NC(=O)[C@H](Cc1c[nH]c2ccccc12)NC(=O)[C@@H]1CCCN1C(=O)[C@@H](NC(=O)[C@H](CCCN=C(N)N)NC(=O)[C@H](CCC(=O)O)NC(=O)[C@@H](NC(=O)[C@H](CS)NC(=O)[C@@H](N)CCC(=O)O)[C@@H](C)CC)[C@@H](C)CC)C(=O)N[C@@H](C)C(=O)O. The van der Waals surface area contributed by atoms with Gasteiger partial charge in [-0.25, -0.2) is 0 Å². The number of carboxylic acid groups (broad SMARTS) is 3. The van der Waals surface area contributed by atoms with Crippen LogP contribution >= 0.6 is 12.6 Å². The number of nitrogens with zero attached hydrogens (tertiary/aromatic N) is 2. The van der Waals surface area contributed by atoms with Crippen molar-refractivity contribution in [1.82, 2.24) is 52.4 Å². The van der Waals surface area contributed by atoms with Gasteiger partial charge in [0.15, 0.2) is 5.96 Å². The van der Waals surface area contributed by atoms with Crippen LogP contribution in [-0.2, 0) is 64.0 Å². The number of likely N-dealkylation sites (tertiary alicyclic amines) is 1. The highest BCUT2D eigenvalue weighted by atomic mass is 32.1. The van der Waals surface area contributed by atoms with E-state index in [1.165, 1.54) is 11.8 Å². The number of aliphatic carboxylic acids is 3. The van der Waals surface area contributed by atoms with Crippen molar-refractivity contribution >= 4 is 101 Å². The molecule has 1 aromatic carbocycles. The quantitative estimate of drug-likeness (QED) is 0.0165. The Bertz CT molecular complexity index is 2740. The number of aromatic nitrogens is 1. The number of aromatic amines is 1. The van der Waals surface area contributed by atoms with Crippen molar-refractivity contribution in [3.8, 4) is 0 Å². The van der Waals surface area contributed by atoms with Crippen molar-refractivity contribution in [1.29, 1.82) is 0 Å². The lowest BCUT2D eigenvalue weighted by molar-refractivity contribution is -0.144. The van der Waals surface area contributed by atoms with E-state index in [1.807, 2.05) is 18.2 Å². The summed E-state index contributed by atoms with van der Waals surface area (Å²) in [5, 5.41) is 49.8.